The molecule has 1 aromatic carbocycles. The second-order valence-corrected chi connectivity index (χ2v) is 7.93. The zero-order valence-corrected chi connectivity index (χ0v) is 15.8. The zero-order chi connectivity index (χ0) is 18.4. The molecule has 1 aliphatic heterocycles. The fraction of sp³-hybridized carbons (Fsp3) is 0.316. The summed E-state index contributed by atoms with van der Waals surface area (Å²) in [6, 6.07) is 7.57. The summed E-state index contributed by atoms with van der Waals surface area (Å²) in [6.45, 7) is 1.22. The Morgan fingerprint density at radius 1 is 1.23 bits per heavy atom. The minimum atomic E-state index is 0.00916. The number of benzene rings is 1. The van der Waals surface area contributed by atoms with Gasteiger partial charge in [0, 0.05) is 44.7 Å². The van der Waals surface area contributed by atoms with E-state index in [2.05, 4.69) is 4.98 Å². The maximum atomic E-state index is 12.9. The molecule has 0 saturated carbocycles. The van der Waals surface area contributed by atoms with Crippen molar-refractivity contribution < 1.29 is 9.59 Å². The van der Waals surface area contributed by atoms with E-state index in [-0.39, 0.29) is 11.8 Å². The van der Waals surface area contributed by atoms with Crippen LogP contribution < -0.4 is 0 Å². The maximum Gasteiger partial charge on any atom is 0.263 e. The van der Waals surface area contributed by atoms with Crippen molar-refractivity contribution in [3.63, 3.8) is 0 Å². The number of thiophene rings is 1. The van der Waals surface area contributed by atoms with E-state index >= 15 is 0 Å². The number of fused-ring (bicyclic) bond motifs is 2. The van der Waals surface area contributed by atoms with Crippen molar-refractivity contribution in [3.8, 4) is 0 Å². The molecule has 1 aliphatic rings. The van der Waals surface area contributed by atoms with Crippen LogP contribution in [0.1, 0.15) is 30.5 Å². The third-order valence-corrected chi connectivity index (χ3v) is 5.97. The Morgan fingerprint density at radius 2 is 2.04 bits per heavy atom. The third kappa shape index (κ3) is 2.78. The van der Waals surface area contributed by atoms with Crippen LogP contribution in [-0.2, 0) is 20.0 Å². The van der Waals surface area contributed by atoms with Crippen LogP contribution in [0.5, 0.6) is 0 Å². The second kappa shape index (κ2) is 6.25. The summed E-state index contributed by atoms with van der Waals surface area (Å²) in [6.07, 6.45) is 2.54. The van der Waals surface area contributed by atoms with E-state index in [0.717, 1.165) is 27.9 Å². The van der Waals surface area contributed by atoms with E-state index in [0.29, 0.717) is 18.7 Å². The van der Waals surface area contributed by atoms with Crippen LogP contribution in [0.25, 0.3) is 11.0 Å². The quantitative estimate of drug-likeness (QED) is 0.698. The molecule has 0 unspecified atom stereocenters. The first-order valence-electron chi connectivity index (χ1n) is 8.47. The molecule has 26 heavy (non-hydrogen) atoms. The molecule has 0 N–H and O–H groups in total. The smallest absolute Gasteiger partial charge is 0.263 e. The topological polar surface area (TPSA) is 58.4 Å². The number of carbonyl (C=O) groups excluding carboxylic acids is 2. The number of rotatable bonds is 2. The van der Waals surface area contributed by atoms with E-state index in [1.807, 2.05) is 40.8 Å². The van der Waals surface area contributed by atoms with Gasteiger partial charge in [-0.05, 0) is 36.2 Å². The van der Waals surface area contributed by atoms with Gasteiger partial charge in [-0.25, -0.2) is 4.98 Å². The number of hydrogen-bond acceptors (Lipinski definition) is 4. The molecule has 0 spiro atoms. The third-order valence-electron chi connectivity index (χ3n) is 4.74. The van der Waals surface area contributed by atoms with E-state index in [9.17, 15) is 9.59 Å². The fourth-order valence-corrected chi connectivity index (χ4v) is 4.47. The number of hydrogen-bond donors (Lipinski definition) is 0. The zero-order valence-electron chi connectivity index (χ0n) is 15.0. The summed E-state index contributed by atoms with van der Waals surface area (Å²) in [5.74, 6) is 0.0257. The summed E-state index contributed by atoms with van der Waals surface area (Å²) in [5.41, 5.74) is 3.57. The predicted octanol–water partition coefficient (Wildman–Crippen LogP) is 2.54. The highest BCUT2D eigenvalue weighted by molar-refractivity contribution is 7.14. The first-order valence-corrected chi connectivity index (χ1v) is 9.29. The molecule has 7 heteroatoms. The normalized spacial score (nSPS) is 13.7. The van der Waals surface area contributed by atoms with Gasteiger partial charge < -0.3 is 14.4 Å². The van der Waals surface area contributed by atoms with Gasteiger partial charge in [0.25, 0.3) is 11.8 Å². The number of amides is 2. The van der Waals surface area contributed by atoms with E-state index in [4.69, 9.17) is 0 Å². The molecule has 3 aromatic rings. The monoisotopic (exact) mass is 368 g/mol. The van der Waals surface area contributed by atoms with Gasteiger partial charge in [0.15, 0.2) is 0 Å². The summed E-state index contributed by atoms with van der Waals surface area (Å²) >= 11 is 1.54. The number of aromatic nitrogens is 2. The molecule has 0 radical (unpaired) electrons. The number of imidazole rings is 1. The Hall–Kier alpha value is -2.67. The number of carbonyl (C=O) groups is 2. The van der Waals surface area contributed by atoms with Gasteiger partial charge in [0.2, 0.25) is 0 Å². The van der Waals surface area contributed by atoms with Crippen molar-refractivity contribution in [2.75, 3.05) is 20.6 Å². The fourth-order valence-electron chi connectivity index (χ4n) is 3.28. The summed E-state index contributed by atoms with van der Waals surface area (Å²) in [7, 11) is 5.45. The predicted molar refractivity (Wildman–Crippen MR) is 101 cm³/mol. The standard InChI is InChI=1S/C19H20N4O2S/c1-21(2)19(25)17-9-13-10-23(7-6-16(13)26-17)18(24)12-4-5-15-14(8-12)20-11-22(15)3/h4-5,8-9,11H,6-7,10H2,1-3H3. The average Bonchev–Trinajstić information content (AvgIpc) is 3.23. The Labute approximate surface area is 155 Å². The Kier molecular flexibility index (Phi) is 4.03. The SMILES string of the molecule is CN(C)C(=O)c1cc2c(s1)CCN(C(=O)c1ccc3c(c1)ncn3C)C2. The molecule has 2 aromatic heterocycles. The molecule has 134 valence electrons. The lowest BCUT2D eigenvalue weighted by molar-refractivity contribution is 0.0736. The van der Waals surface area contributed by atoms with Crippen molar-refractivity contribution in [1.82, 2.24) is 19.4 Å². The van der Waals surface area contributed by atoms with Gasteiger partial charge in [-0.1, -0.05) is 0 Å². The minimum Gasteiger partial charge on any atom is -0.344 e. The van der Waals surface area contributed by atoms with Crippen molar-refractivity contribution in [1.29, 1.82) is 0 Å². The summed E-state index contributed by atoms with van der Waals surface area (Å²) in [5, 5.41) is 0. The number of aryl methyl sites for hydroxylation is 1. The Bertz CT molecular complexity index is 1020. The van der Waals surface area contributed by atoms with Gasteiger partial charge in [0.05, 0.1) is 22.2 Å². The van der Waals surface area contributed by atoms with E-state index in [1.165, 1.54) is 4.88 Å². The van der Waals surface area contributed by atoms with E-state index in [1.54, 1.807) is 36.7 Å². The van der Waals surface area contributed by atoms with Gasteiger partial charge in [-0.3, -0.25) is 9.59 Å². The van der Waals surface area contributed by atoms with Gasteiger partial charge >= 0.3 is 0 Å². The number of nitrogens with zero attached hydrogens (tertiary/aromatic N) is 4. The first kappa shape index (κ1) is 16.8. The van der Waals surface area contributed by atoms with Crippen LogP contribution >= 0.6 is 11.3 Å². The highest BCUT2D eigenvalue weighted by Crippen LogP contribution is 2.29. The van der Waals surface area contributed by atoms with Crippen LogP contribution in [-0.4, -0.2) is 51.8 Å². The highest BCUT2D eigenvalue weighted by Gasteiger charge is 2.25. The van der Waals surface area contributed by atoms with Crippen LogP contribution in [0.2, 0.25) is 0 Å². The highest BCUT2D eigenvalue weighted by atomic mass is 32.1. The van der Waals surface area contributed by atoms with Crippen molar-refractivity contribution in [3.05, 3.63) is 51.5 Å². The Balaban J connectivity index is 1.57. The molecule has 2 amide bonds. The molecule has 6 nitrogen and oxygen atoms in total. The lowest BCUT2D eigenvalue weighted by atomic mass is 10.1. The molecule has 0 saturated heterocycles. The molecule has 0 atom stereocenters. The molecule has 3 heterocycles. The van der Waals surface area contributed by atoms with Gasteiger partial charge in [-0.15, -0.1) is 11.3 Å². The average molecular weight is 368 g/mol. The molecule has 0 bridgehead atoms. The lowest BCUT2D eigenvalue weighted by Crippen LogP contribution is -2.35. The molecular weight excluding hydrogens is 348 g/mol. The molecule has 0 fully saturated rings. The molecule has 4 rings (SSSR count). The Morgan fingerprint density at radius 3 is 2.81 bits per heavy atom. The van der Waals surface area contributed by atoms with Gasteiger partial charge in [-0.2, -0.15) is 0 Å². The summed E-state index contributed by atoms with van der Waals surface area (Å²) < 4.78 is 1.94. The van der Waals surface area contributed by atoms with Gasteiger partial charge in [0.1, 0.15) is 0 Å². The van der Waals surface area contributed by atoms with Crippen molar-refractivity contribution in [2.24, 2.45) is 7.05 Å². The molecular formula is C19H20N4O2S. The van der Waals surface area contributed by atoms with Crippen molar-refractivity contribution in [2.45, 2.75) is 13.0 Å². The van der Waals surface area contributed by atoms with Crippen molar-refractivity contribution >= 4 is 34.2 Å². The van der Waals surface area contributed by atoms with Crippen LogP contribution in [0.4, 0.5) is 0 Å². The van der Waals surface area contributed by atoms with Crippen LogP contribution in [0.3, 0.4) is 0 Å². The summed E-state index contributed by atoms with van der Waals surface area (Å²) in [4.78, 5) is 34.8. The van der Waals surface area contributed by atoms with Crippen LogP contribution in [0, 0.1) is 0 Å². The minimum absolute atomic E-state index is 0.00916. The molecule has 0 aliphatic carbocycles. The largest absolute Gasteiger partial charge is 0.344 e. The second-order valence-electron chi connectivity index (χ2n) is 6.79. The maximum absolute atomic E-state index is 12.9. The first-order chi connectivity index (χ1) is 12.4. The lowest BCUT2D eigenvalue weighted by Gasteiger charge is -2.27. The van der Waals surface area contributed by atoms with Crippen LogP contribution in [0.15, 0.2) is 30.6 Å². The van der Waals surface area contributed by atoms with E-state index < -0.39 is 0 Å².